The van der Waals surface area contributed by atoms with E-state index in [1.807, 2.05) is 55.3 Å². The largest absolute Gasteiger partial charge is 0.383 e. The maximum atomic E-state index is 6.13. The van der Waals surface area contributed by atoms with Crippen molar-refractivity contribution in [2.24, 2.45) is 0 Å². The quantitative estimate of drug-likeness (QED) is 0.659. The number of hydrogen-bond acceptors (Lipinski definition) is 6. The van der Waals surface area contributed by atoms with E-state index in [2.05, 4.69) is 25.5 Å². The number of aromatic nitrogens is 4. The van der Waals surface area contributed by atoms with Crippen molar-refractivity contribution in [3.63, 3.8) is 0 Å². The van der Waals surface area contributed by atoms with Crippen LogP contribution < -0.4 is 10.2 Å². The van der Waals surface area contributed by atoms with Gasteiger partial charge in [0, 0.05) is 49.1 Å². The zero-order chi connectivity index (χ0) is 18.5. The van der Waals surface area contributed by atoms with Crippen molar-refractivity contribution in [2.75, 3.05) is 37.5 Å². The number of benzene rings is 1. The summed E-state index contributed by atoms with van der Waals surface area (Å²) in [6.07, 6.45) is 0. The lowest BCUT2D eigenvalue weighted by molar-refractivity contribution is 0.206. The molecule has 1 aromatic carbocycles. The normalized spacial score (nSPS) is 10.8. The number of ether oxygens (including phenoxy) is 1. The molecule has 26 heavy (non-hydrogen) atoms. The average Bonchev–Trinajstić information content (AvgIpc) is 3.04. The Bertz CT molecular complexity index is 882. The van der Waals surface area contributed by atoms with Crippen LogP contribution in [-0.2, 0) is 4.74 Å². The first-order valence-electron chi connectivity index (χ1n) is 8.19. The van der Waals surface area contributed by atoms with E-state index in [-0.39, 0.29) is 0 Å². The molecule has 0 saturated heterocycles. The van der Waals surface area contributed by atoms with Crippen molar-refractivity contribution in [2.45, 2.75) is 6.92 Å². The SMILES string of the molecule is COCCN(C)c1cc(Nc2cc(C)[nH]n2)nc(-c2cccc(Cl)c2)n1. The number of likely N-dealkylation sites (N-methyl/N-ethyl adjacent to an activating group) is 1. The van der Waals surface area contributed by atoms with Crippen LogP contribution in [-0.4, -0.2) is 47.5 Å². The molecule has 7 nitrogen and oxygen atoms in total. The molecule has 0 amide bonds. The highest BCUT2D eigenvalue weighted by molar-refractivity contribution is 6.30. The number of anilines is 3. The van der Waals surface area contributed by atoms with Gasteiger partial charge in [0.15, 0.2) is 11.6 Å². The summed E-state index contributed by atoms with van der Waals surface area (Å²) in [5.41, 5.74) is 1.81. The van der Waals surface area contributed by atoms with E-state index < -0.39 is 0 Å². The summed E-state index contributed by atoms with van der Waals surface area (Å²) in [5.74, 6) is 2.72. The van der Waals surface area contributed by atoms with Gasteiger partial charge in [0.2, 0.25) is 0 Å². The first kappa shape index (κ1) is 18.2. The molecule has 2 aromatic heterocycles. The number of aryl methyl sites for hydroxylation is 1. The van der Waals surface area contributed by atoms with E-state index in [4.69, 9.17) is 16.3 Å². The molecule has 0 spiro atoms. The number of hydrogen-bond donors (Lipinski definition) is 2. The van der Waals surface area contributed by atoms with Gasteiger partial charge in [-0.3, -0.25) is 5.10 Å². The molecule has 0 unspecified atom stereocenters. The van der Waals surface area contributed by atoms with Crippen molar-refractivity contribution < 1.29 is 4.74 Å². The van der Waals surface area contributed by atoms with Crippen LogP contribution in [0.15, 0.2) is 36.4 Å². The van der Waals surface area contributed by atoms with Crippen molar-refractivity contribution in [1.29, 1.82) is 0 Å². The van der Waals surface area contributed by atoms with Crippen LogP contribution in [0.1, 0.15) is 5.69 Å². The summed E-state index contributed by atoms with van der Waals surface area (Å²) >= 11 is 6.13. The van der Waals surface area contributed by atoms with Gasteiger partial charge in [0.1, 0.15) is 11.6 Å². The molecule has 3 aromatic rings. The van der Waals surface area contributed by atoms with Crippen LogP contribution in [0.2, 0.25) is 5.02 Å². The fourth-order valence-corrected chi connectivity index (χ4v) is 2.60. The third-order valence-corrected chi connectivity index (χ3v) is 4.01. The summed E-state index contributed by atoms with van der Waals surface area (Å²) in [5, 5.41) is 11.0. The predicted octanol–water partition coefficient (Wildman–Crippen LogP) is 3.65. The van der Waals surface area contributed by atoms with Gasteiger partial charge in [-0.2, -0.15) is 5.10 Å². The van der Waals surface area contributed by atoms with Gasteiger partial charge in [0.25, 0.3) is 0 Å². The van der Waals surface area contributed by atoms with Crippen molar-refractivity contribution in [3.05, 3.63) is 47.1 Å². The second-order valence-electron chi connectivity index (χ2n) is 5.92. The van der Waals surface area contributed by atoms with Crippen LogP contribution in [0.3, 0.4) is 0 Å². The fraction of sp³-hybridized carbons (Fsp3) is 0.278. The smallest absolute Gasteiger partial charge is 0.163 e. The van der Waals surface area contributed by atoms with Gasteiger partial charge in [-0.1, -0.05) is 23.7 Å². The molecule has 0 aliphatic carbocycles. The minimum Gasteiger partial charge on any atom is -0.383 e. The maximum Gasteiger partial charge on any atom is 0.163 e. The Hall–Kier alpha value is -2.64. The van der Waals surface area contributed by atoms with Crippen LogP contribution in [0.4, 0.5) is 17.5 Å². The van der Waals surface area contributed by atoms with E-state index in [1.54, 1.807) is 7.11 Å². The lowest BCUT2D eigenvalue weighted by Gasteiger charge is -2.19. The molecule has 0 aliphatic heterocycles. The number of halogens is 1. The minimum atomic E-state index is 0.587. The average molecular weight is 373 g/mol. The van der Waals surface area contributed by atoms with Crippen molar-refractivity contribution >= 4 is 29.1 Å². The number of rotatable bonds is 7. The molecule has 136 valence electrons. The molecule has 0 atom stereocenters. The van der Waals surface area contributed by atoms with Crippen molar-refractivity contribution in [3.8, 4) is 11.4 Å². The second-order valence-corrected chi connectivity index (χ2v) is 6.36. The third kappa shape index (κ3) is 4.50. The molecule has 0 saturated carbocycles. The molecule has 0 bridgehead atoms. The molecule has 0 radical (unpaired) electrons. The first-order chi connectivity index (χ1) is 12.5. The van der Waals surface area contributed by atoms with Gasteiger partial charge in [0.05, 0.1) is 6.61 Å². The number of methoxy groups -OCH3 is 1. The van der Waals surface area contributed by atoms with E-state index >= 15 is 0 Å². The highest BCUT2D eigenvalue weighted by Crippen LogP contribution is 2.25. The first-order valence-corrected chi connectivity index (χ1v) is 8.57. The lowest BCUT2D eigenvalue weighted by atomic mass is 10.2. The van der Waals surface area contributed by atoms with Crippen LogP contribution in [0.5, 0.6) is 0 Å². The number of nitrogens with one attached hydrogen (secondary N) is 2. The topological polar surface area (TPSA) is 79.0 Å². The monoisotopic (exact) mass is 372 g/mol. The van der Waals surface area contributed by atoms with Crippen LogP contribution in [0.25, 0.3) is 11.4 Å². The van der Waals surface area contributed by atoms with Gasteiger partial charge < -0.3 is 15.0 Å². The van der Waals surface area contributed by atoms with Gasteiger partial charge in [-0.05, 0) is 19.1 Å². The van der Waals surface area contributed by atoms with E-state index in [9.17, 15) is 0 Å². The Kier molecular flexibility index (Phi) is 5.70. The molecule has 2 heterocycles. The summed E-state index contributed by atoms with van der Waals surface area (Å²) < 4.78 is 5.16. The number of nitrogens with zero attached hydrogens (tertiary/aromatic N) is 4. The van der Waals surface area contributed by atoms with Gasteiger partial charge in [-0.15, -0.1) is 0 Å². The molecule has 3 rings (SSSR count). The fourth-order valence-electron chi connectivity index (χ4n) is 2.41. The Morgan fingerprint density at radius 2 is 2.04 bits per heavy atom. The molecule has 0 aliphatic rings. The van der Waals surface area contributed by atoms with E-state index in [1.165, 1.54) is 0 Å². The Labute approximate surface area is 157 Å². The summed E-state index contributed by atoms with van der Waals surface area (Å²) in [6.45, 7) is 3.26. The molecule has 0 fully saturated rings. The molecular formula is C18H21ClN6O. The summed E-state index contributed by atoms with van der Waals surface area (Å²) in [4.78, 5) is 11.3. The molecule has 2 N–H and O–H groups in total. The lowest BCUT2D eigenvalue weighted by Crippen LogP contribution is -2.23. The predicted molar refractivity (Wildman–Crippen MR) is 104 cm³/mol. The van der Waals surface area contributed by atoms with Crippen molar-refractivity contribution in [1.82, 2.24) is 20.2 Å². The Morgan fingerprint density at radius 3 is 2.73 bits per heavy atom. The van der Waals surface area contributed by atoms with E-state index in [0.29, 0.717) is 35.6 Å². The molecular weight excluding hydrogens is 352 g/mol. The maximum absolute atomic E-state index is 6.13. The highest BCUT2D eigenvalue weighted by Gasteiger charge is 2.12. The zero-order valence-electron chi connectivity index (χ0n) is 15.0. The van der Waals surface area contributed by atoms with E-state index in [0.717, 1.165) is 17.1 Å². The summed E-state index contributed by atoms with van der Waals surface area (Å²) in [6, 6.07) is 11.3. The third-order valence-electron chi connectivity index (χ3n) is 3.78. The summed E-state index contributed by atoms with van der Waals surface area (Å²) in [7, 11) is 3.64. The molecule has 8 heteroatoms. The van der Waals surface area contributed by atoms with Crippen LogP contribution >= 0.6 is 11.6 Å². The Balaban J connectivity index is 1.98. The van der Waals surface area contributed by atoms with Gasteiger partial charge >= 0.3 is 0 Å². The number of aromatic amines is 1. The zero-order valence-corrected chi connectivity index (χ0v) is 15.7. The second kappa shape index (κ2) is 8.16. The van der Waals surface area contributed by atoms with Crippen LogP contribution in [0, 0.1) is 6.92 Å². The minimum absolute atomic E-state index is 0.587. The highest BCUT2D eigenvalue weighted by atomic mass is 35.5. The Morgan fingerprint density at radius 1 is 1.19 bits per heavy atom. The van der Waals surface area contributed by atoms with Gasteiger partial charge in [-0.25, -0.2) is 9.97 Å². The standard InChI is InChI=1S/C18H21ClN6O/c1-12-9-16(24-23-12)20-15-11-17(25(2)7-8-26-3)22-18(21-15)13-5-4-6-14(19)10-13/h4-6,9-11H,7-8H2,1-3H3,(H2,20,21,22,23,24). The number of H-pyrrole nitrogens is 1.